The summed E-state index contributed by atoms with van der Waals surface area (Å²) in [5, 5.41) is 0.454. The summed E-state index contributed by atoms with van der Waals surface area (Å²) < 4.78 is 1.55. The van der Waals surface area contributed by atoms with Gasteiger partial charge in [0, 0.05) is 6.54 Å². The largest absolute Gasteiger partial charge is 0.370 e. The lowest BCUT2D eigenvalue weighted by Crippen LogP contribution is -2.24. The van der Waals surface area contributed by atoms with Crippen LogP contribution in [0.1, 0.15) is 27.2 Å². The number of hydrogen-bond donors (Lipinski definition) is 1. The molecule has 0 unspecified atom stereocenters. The molecule has 0 saturated carbocycles. The van der Waals surface area contributed by atoms with E-state index in [0.29, 0.717) is 29.2 Å². The molecule has 3 rings (SSSR count). The van der Waals surface area contributed by atoms with Crippen LogP contribution < -0.4 is 11.5 Å². The summed E-state index contributed by atoms with van der Waals surface area (Å²) in [6.07, 6.45) is 4.23. The van der Waals surface area contributed by atoms with Crippen molar-refractivity contribution in [2.45, 2.75) is 13.0 Å². The Morgan fingerprint density at radius 1 is 1.00 bits per heavy atom. The summed E-state index contributed by atoms with van der Waals surface area (Å²) in [7, 11) is 0. The van der Waals surface area contributed by atoms with Gasteiger partial charge in [-0.25, -0.2) is 4.79 Å². The van der Waals surface area contributed by atoms with E-state index in [2.05, 4.69) is 4.84 Å². The van der Waals surface area contributed by atoms with E-state index in [0.717, 1.165) is 11.1 Å². The molecule has 0 fully saturated rings. The molecule has 2 aromatic carbocycles. The van der Waals surface area contributed by atoms with Crippen LogP contribution in [-0.4, -0.2) is 10.5 Å². The molecule has 2 N–H and O–H groups in total. The van der Waals surface area contributed by atoms with Gasteiger partial charge in [0.1, 0.15) is 5.02 Å². The Bertz CT molecular complexity index is 1090. The molecule has 0 aliphatic carbocycles. The molecule has 1 heterocycles. The first kappa shape index (κ1) is 20.9. The third kappa shape index (κ3) is 5.15. The van der Waals surface area contributed by atoms with Crippen molar-refractivity contribution < 1.29 is 9.63 Å². The summed E-state index contributed by atoms with van der Waals surface area (Å²) in [6.45, 7) is 0.369. The van der Waals surface area contributed by atoms with Crippen molar-refractivity contribution in [3.05, 3.63) is 103 Å². The summed E-state index contributed by atoms with van der Waals surface area (Å²) in [6, 6.07) is 18.0. The number of aryl methyl sites for hydroxylation is 1. The van der Waals surface area contributed by atoms with Gasteiger partial charge in [0.15, 0.2) is 0 Å². The van der Waals surface area contributed by atoms with Crippen LogP contribution in [0.2, 0.25) is 10.0 Å². The first-order valence-corrected chi connectivity index (χ1v) is 9.57. The maximum atomic E-state index is 12.6. The fourth-order valence-corrected chi connectivity index (χ4v) is 3.40. The number of halogens is 2. The van der Waals surface area contributed by atoms with Gasteiger partial charge in [-0.2, -0.15) is 5.90 Å². The SMILES string of the molecule is NOC(=O)c1ccc(CCn2c(/C=C/c3ccccc3)c(Cl)cc(Cl)c2=O)cc1. The number of rotatable bonds is 6. The Morgan fingerprint density at radius 2 is 1.69 bits per heavy atom. The molecule has 0 aliphatic heterocycles. The number of aromatic nitrogens is 1. The molecular weight excluding hydrogens is 411 g/mol. The normalized spacial score (nSPS) is 11.0. The van der Waals surface area contributed by atoms with E-state index in [1.807, 2.05) is 36.4 Å². The number of nitrogens with zero attached hydrogens (tertiary/aromatic N) is 1. The van der Waals surface area contributed by atoms with Gasteiger partial charge in [0.2, 0.25) is 0 Å². The van der Waals surface area contributed by atoms with Gasteiger partial charge in [0.05, 0.1) is 16.3 Å². The summed E-state index contributed by atoms with van der Waals surface area (Å²) in [5.74, 6) is 4.28. The van der Waals surface area contributed by atoms with E-state index in [9.17, 15) is 9.59 Å². The third-order valence-electron chi connectivity index (χ3n) is 4.39. The van der Waals surface area contributed by atoms with Crippen molar-refractivity contribution in [3.8, 4) is 0 Å². The van der Waals surface area contributed by atoms with E-state index >= 15 is 0 Å². The lowest BCUT2D eigenvalue weighted by atomic mass is 10.1. The molecule has 0 saturated heterocycles. The monoisotopic (exact) mass is 428 g/mol. The molecule has 29 heavy (non-hydrogen) atoms. The Hall–Kier alpha value is -2.86. The molecule has 0 aliphatic rings. The van der Waals surface area contributed by atoms with Gasteiger partial charge in [-0.15, -0.1) is 0 Å². The van der Waals surface area contributed by atoms with Crippen molar-refractivity contribution in [1.82, 2.24) is 4.57 Å². The molecule has 148 valence electrons. The molecule has 3 aromatic rings. The number of carbonyl (C=O) groups excluding carboxylic acids is 1. The van der Waals surface area contributed by atoms with Crippen LogP contribution >= 0.6 is 23.2 Å². The van der Waals surface area contributed by atoms with Crippen molar-refractivity contribution in [2.75, 3.05) is 0 Å². The standard InChI is InChI=1S/C22H18Cl2N2O3/c23-18-14-19(24)21(27)26(20(18)11-8-15-4-2-1-3-5-15)13-12-16-6-9-17(10-7-16)22(28)29-25/h1-11,14H,12-13,25H2/b11-8+. The lowest BCUT2D eigenvalue weighted by Gasteiger charge is -2.13. The fourth-order valence-electron chi connectivity index (χ4n) is 2.86. The molecule has 0 amide bonds. The predicted molar refractivity (Wildman–Crippen MR) is 116 cm³/mol. The highest BCUT2D eigenvalue weighted by Gasteiger charge is 2.11. The van der Waals surface area contributed by atoms with E-state index in [-0.39, 0.29) is 10.6 Å². The van der Waals surface area contributed by atoms with Crippen LogP contribution in [0.15, 0.2) is 65.5 Å². The highest BCUT2D eigenvalue weighted by molar-refractivity contribution is 6.35. The van der Waals surface area contributed by atoms with E-state index < -0.39 is 5.97 Å². The minimum absolute atomic E-state index is 0.0629. The first-order valence-electron chi connectivity index (χ1n) is 8.81. The highest BCUT2D eigenvalue weighted by Crippen LogP contribution is 2.21. The second kappa shape index (κ2) is 9.56. The van der Waals surface area contributed by atoms with Gasteiger partial charge in [-0.05, 0) is 41.8 Å². The van der Waals surface area contributed by atoms with Gasteiger partial charge in [-0.1, -0.05) is 71.7 Å². The molecule has 0 spiro atoms. The Kier molecular flexibility index (Phi) is 6.88. The summed E-state index contributed by atoms with van der Waals surface area (Å²) in [4.78, 5) is 28.3. The molecule has 0 radical (unpaired) electrons. The second-order valence-corrected chi connectivity index (χ2v) is 7.09. The zero-order chi connectivity index (χ0) is 20.8. The van der Waals surface area contributed by atoms with E-state index in [1.165, 1.54) is 6.07 Å². The van der Waals surface area contributed by atoms with Crippen molar-refractivity contribution >= 4 is 41.3 Å². The van der Waals surface area contributed by atoms with Gasteiger partial charge in [-0.3, -0.25) is 4.79 Å². The highest BCUT2D eigenvalue weighted by atomic mass is 35.5. The Balaban J connectivity index is 1.87. The van der Waals surface area contributed by atoms with Gasteiger partial charge in [0.25, 0.3) is 5.56 Å². The predicted octanol–water partition coefficient (Wildman–Crippen LogP) is 4.60. The van der Waals surface area contributed by atoms with Crippen molar-refractivity contribution in [3.63, 3.8) is 0 Å². The summed E-state index contributed by atoms with van der Waals surface area (Å²) in [5.41, 5.74) is 2.53. The number of hydrogen-bond acceptors (Lipinski definition) is 4. The zero-order valence-electron chi connectivity index (χ0n) is 15.3. The minimum Gasteiger partial charge on any atom is -0.370 e. The molecule has 1 aromatic heterocycles. The molecule has 7 heteroatoms. The van der Waals surface area contributed by atoms with Gasteiger partial charge < -0.3 is 9.40 Å². The van der Waals surface area contributed by atoms with E-state index in [1.54, 1.807) is 34.9 Å². The number of carbonyl (C=O) groups is 1. The average molecular weight is 429 g/mol. The number of pyridine rings is 1. The Labute approximate surface area is 177 Å². The maximum Gasteiger partial charge on any atom is 0.356 e. The average Bonchev–Trinajstić information content (AvgIpc) is 2.75. The fraction of sp³-hybridized carbons (Fsp3) is 0.0909. The molecule has 5 nitrogen and oxygen atoms in total. The number of benzene rings is 2. The summed E-state index contributed by atoms with van der Waals surface area (Å²) >= 11 is 12.4. The quantitative estimate of drug-likeness (QED) is 0.582. The Morgan fingerprint density at radius 3 is 2.34 bits per heavy atom. The molecule has 0 bridgehead atoms. The zero-order valence-corrected chi connectivity index (χ0v) is 16.9. The smallest absolute Gasteiger partial charge is 0.356 e. The van der Waals surface area contributed by atoms with Crippen LogP contribution in [0.5, 0.6) is 0 Å². The van der Waals surface area contributed by atoms with Crippen LogP contribution in [-0.2, 0) is 17.8 Å². The lowest BCUT2D eigenvalue weighted by molar-refractivity contribution is 0.0503. The topological polar surface area (TPSA) is 74.3 Å². The third-order valence-corrected chi connectivity index (χ3v) is 4.97. The minimum atomic E-state index is -0.609. The molecular formula is C22H18Cl2N2O3. The van der Waals surface area contributed by atoms with E-state index in [4.69, 9.17) is 29.1 Å². The second-order valence-electron chi connectivity index (χ2n) is 6.28. The first-order chi connectivity index (χ1) is 14.0. The maximum absolute atomic E-state index is 12.6. The van der Waals surface area contributed by atoms with Crippen LogP contribution in [0.4, 0.5) is 0 Å². The number of nitrogens with two attached hydrogens (primary N) is 1. The van der Waals surface area contributed by atoms with Crippen LogP contribution in [0.25, 0.3) is 12.2 Å². The molecule has 0 atom stereocenters. The van der Waals surface area contributed by atoms with Crippen LogP contribution in [0, 0.1) is 0 Å². The van der Waals surface area contributed by atoms with Crippen LogP contribution in [0.3, 0.4) is 0 Å². The van der Waals surface area contributed by atoms with Crippen molar-refractivity contribution in [2.24, 2.45) is 5.90 Å². The van der Waals surface area contributed by atoms with Crippen molar-refractivity contribution in [1.29, 1.82) is 0 Å². The van der Waals surface area contributed by atoms with Gasteiger partial charge >= 0.3 is 5.97 Å².